The van der Waals surface area contributed by atoms with E-state index in [1.165, 1.54) is 24.1 Å². The number of pyridine rings is 1. The summed E-state index contributed by atoms with van der Waals surface area (Å²) in [6.07, 6.45) is 7.12. The van der Waals surface area contributed by atoms with Crippen molar-refractivity contribution >= 4 is 11.6 Å². The third kappa shape index (κ3) is 3.64. The zero-order chi connectivity index (χ0) is 18.2. The fourth-order valence-corrected chi connectivity index (χ4v) is 3.86. The fraction of sp³-hybridized carbons (Fsp3) is 0.455. The van der Waals surface area contributed by atoms with Gasteiger partial charge >= 0.3 is 0 Å². The average Bonchev–Trinajstić information content (AvgIpc) is 3.42. The number of likely N-dealkylation sites (tertiary alicyclic amines) is 1. The lowest BCUT2D eigenvalue weighted by atomic mass is 9.92. The molecule has 1 amide bonds. The molecular weight excluding hydrogens is 338 g/mol. The molecule has 0 unspecified atom stereocenters. The molecule has 3 fully saturated rings. The van der Waals surface area contributed by atoms with Crippen LogP contribution >= 0.6 is 0 Å². The quantitative estimate of drug-likeness (QED) is 0.791. The van der Waals surface area contributed by atoms with Gasteiger partial charge in [0.15, 0.2) is 0 Å². The topological polar surface area (TPSA) is 45.7 Å². The van der Waals surface area contributed by atoms with Crippen molar-refractivity contribution in [2.45, 2.75) is 31.3 Å². The van der Waals surface area contributed by atoms with E-state index >= 15 is 0 Å². The molecule has 2 saturated heterocycles. The highest BCUT2D eigenvalue weighted by Gasteiger charge is 2.35. The predicted molar refractivity (Wildman–Crippen MR) is 104 cm³/mol. The van der Waals surface area contributed by atoms with Crippen molar-refractivity contribution in [3.8, 4) is 5.75 Å². The van der Waals surface area contributed by atoms with Crippen LogP contribution in [0.4, 0.5) is 5.69 Å². The van der Waals surface area contributed by atoms with E-state index in [4.69, 9.17) is 4.74 Å². The first-order chi connectivity index (χ1) is 13.2. The van der Waals surface area contributed by atoms with Crippen LogP contribution in [-0.2, 0) is 4.79 Å². The summed E-state index contributed by atoms with van der Waals surface area (Å²) in [7, 11) is 0. The molecule has 0 spiro atoms. The van der Waals surface area contributed by atoms with E-state index in [0.29, 0.717) is 17.7 Å². The van der Waals surface area contributed by atoms with Crippen molar-refractivity contribution in [3.05, 3.63) is 54.4 Å². The second-order valence-corrected chi connectivity index (χ2v) is 8.07. The van der Waals surface area contributed by atoms with Crippen LogP contribution < -0.4 is 9.64 Å². The monoisotopic (exact) mass is 363 g/mol. The number of ether oxygens (including phenoxy) is 1. The molecule has 0 N–H and O–H groups in total. The lowest BCUT2D eigenvalue weighted by Gasteiger charge is -2.41. The lowest BCUT2D eigenvalue weighted by molar-refractivity contribution is -0.140. The molecule has 3 heterocycles. The van der Waals surface area contributed by atoms with Gasteiger partial charge in [-0.15, -0.1) is 0 Å². The van der Waals surface area contributed by atoms with Crippen molar-refractivity contribution in [3.63, 3.8) is 0 Å². The molecule has 0 atom stereocenters. The number of benzene rings is 1. The molecule has 5 heteroatoms. The molecular formula is C22H25N3O2. The summed E-state index contributed by atoms with van der Waals surface area (Å²) in [4.78, 5) is 20.5. The van der Waals surface area contributed by atoms with Crippen molar-refractivity contribution in [1.29, 1.82) is 0 Å². The molecule has 1 aliphatic carbocycles. The molecule has 0 bridgehead atoms. The summed E-state index contributed by atoms with van der Waals surface area (Å²) >= 11 is 0. The predicted octanol–water partition coefficient (Wildman–Crippen LogP) is 3.08. The maximum Gasteiger partial charge on any atom is 0.223 e. The summed E-state index contributed by atoms with van der Waals surface area (Å²) in [5.74, 6) is 2.42. The Kier molecular flexibility index (Phi) is 4.23. The SMILES string of the molecule is O=C(CC1CC1)N1CC(Oc2ccc(N3CC(c4cccnc4)C3)cc2)C1. The van der Waals surface area contributed by atoms with Crippen LogP contribution in [0.15, 0.2) is 48.8 Å². The standard InChI is InChI=1S/C22H25N3O2/c26-22(10-16-3-4-16)25-14-21(15-25)27-20-7-5-19(6-8-20)24-12-18(13-24)17-2-1-9-23-11-17/h1-2,5-9,11,16,18,21H,3-4,10,12-15H2. The van der Waals surface area contributed by atoms with Gasteiger partial charge in [-0.05, 0) is 54.7 Å². The number of nitrogens with zero attached hydrogens (tertiary/aromatic N) is 3. The van der Waals surface area contributed by atoms with E-state index < -0.39 is 0 Å². The van der Waals surface area contributed by atoms with E-state index in [2.05, 4.69) is 28.1 Å². The first-order valence-electron chi connectivity index (χ1n) is 9.94. The van der Waals surface area contributed by atoms with Crippen molar-refractivity contribution in [2.24, 2.45) is 5.92 Å². The van der Waals surface area contributed by atoms with Crippen LogP contribution in [-0.4, -0.2) is 48.1 Å². The van der Waals surface area contributed by atoms with Gasteiger partial charge in [0.1, 0.15) is 11.9 Å². The molecule has 140 valence electrons. The van der Waals surface area contributed by atoms with Gasteiger partial charge in [0, 0.05) is 43.5 Å². The molecule has 2 aromatic rings. The average molecular weight is 363 g/mol. The number of hydrogen-bond donors (Lipinski definition) is 0. The minimum atomic E-state index is 0.137. The van der Waals surface area contributed by atoms with Crippen LogP contribution in [0.1, 0.15) is 30.7 Å². The number of carbonyl (C=O) groups excluding carboxylic acids is 1. The Hall–Kier alpha value is -2.56. The Morgan fingerprint density at radius 3 is 2.52 bits per heavy atom. The normalized spacial score (nSPS) is 20.1. The molecule has 3 aliphatic rings. The number of anilines is 1. The first-order valence-corrected chi connectivity index (χ1v) is 9.94. The van der Waals surface area contributed by atoms with Crippen LogP contribution in [0, 0.1) is 5.92 Å². The van der Waals surface area contributed by atoms with Crippen LogP contribution in [0.3, 0.4) is 0 Å². The van der Waals surface area contributed by atoms with Gasteiger partial charge in [-0.25, -0.2) is 0 Å². The third-order valence-electron chi connectivity index (χ3n) is 5.90. The summed E-state index contributed by atoms with van der Waals surface area (Å²) < 4.78 is 6.01. The third-order valence-corrected chi connectivity index (χ3v) is 5.90. The van der Waals surface area contributed by atoms with E-state index in [1.807, 2.05) is 35.5 Å². The maximum atomic E-state index is 12.0. The molecule has 5 nitrogen and oxygen atoms in total. The van der Waals surface area contributed by atoms with Crippen molar-refractivity contribution < 1.29 is 9.53 Å². The number of aromatic nitrogens is 1. The molecule has 1 aromatic heterocycles. The number of carbonyl (C=O) groups is 1. The highest BCUT2D eigenvalue weighted by Crippen LogP contribution is 2.34. The Labute approximate surface area is 159 Å². The van der Waals surface area contributed by atoms with Gasteiger partial charge < -0.3 is 14.5 Å². The zero-order valence-electron chi connectivity index (χ0n) is 15.5. The molecule has 27 heavy (non-hydrogen) atoms. The van der Waals surface area contributed by atoms with Crippen molar-refractivity contribution in [1.82, 2.24) is 9.88 Å². The van der Waals surface area contributed by atoms with Crippen LogP contribution in [0.5, 0.6) is 5.75 Å². The van der Waals surface area contributed by atoms with Gasteiger partial charge in [0.2, 0.25) is 5.91 Å². The van der Waals surface area contributed by atoms with Gasteiger partial charge in [0.25, 0.3) is 0 Å². The smallest absolute Gasteiger partial charge is 0.223 e. The van der Waals surface area contributed by atoms with Gasteiger partial charge in [-0.1, -0.05) is 6.07 Å². The molecule has 1 aromatic carbocycles. The minimum absolute atomic E-state index is 0.137. The molecule has 0 radical (unpaired) electrons. The van der Waals surface area contributed by atoms with E-state index in [0.717, 1.165) is 38.3 Å². The summed E-state index contributed by atoms with van der Waals surface area (Å²) in [5, 5.41) is 0. The van der Waals surface area contributed by atoms with E-state index in [-0.39, 0.29) is 6.10 Å². The van der Waals surface area contributed by atoms with Crippen LogP contribution in [0.25, 0.3) is 0 Å². The summed E-state index contributed by atoms with van der Waals surface area (Å²) in [5.41, 5.74) is 2.55. The maximum absolute atomic E-state index is 12.0. The van der Waals surface area contributed by atoms with Gasteiger partial charge in [-0.2, -0.15) is 0 Å². The molecule has 5 rings (SSSR count). The second-order valence-electron chi connectivity index (χ2n) is 8.07. The lowest BCUT2D eigenvalue weighted by Crippen LogP contribution is -2.56. The first kappa shape index (κ1) is 16.6. The second kappa shape index (κ2) is 6.87. The van der Waals surface area contributed by atoms with Crippen LogP contribution in [0.2, 0.25) is 0 Å². The number of amides is 1. The van der Waals surface area contributed by atoms with Gasteiger partial charge in [-0.3, -0.25) is 9.78 Å². The zero-order valence-corrected chi connectivity index (χ0v) is 15.5. The fourth-order valence-electron chi connectivity index (χ4n) is 3.86. The molecule has 1 saturated carbocycles. The minimum Gasteiger partial charge on any atom is -0.487 e. The number of hydrogen-bond acceptors (Lipinski definition) is 4. The van der Waals surface area contributed by atoms with E-state index in [1.54, 1.807) is 0 Å². The highest BCUT2D eigenvalue weighted by atomic mass is 16.5. The van der Waals surface area contributed by atoms with Gasteiger partial charge in [0.05, 0.1) is 13.1 Å². The summed E-state index contributed by atoms with van der Waals surface area (Å²) in [6.45, 7) is 3.53. The Bertz CT molecular complexity index is 792. The largest absolute Gasteiger partial charge is 0.487 e. The Morgan fingerprint density at radius 2 is 1.85 bits per heavy atom. The summed E-state index contributed by atoms with van der Waals surface area (Å²) in [6, 6.07) is 12.5. The van der Waals surface area contributed by atoms with E-state index in [9.17, 15) is 4.79 Å². The Morgan fingerprint density at radius 1 is 1.07 bits per heavy atom. The highest BCUT2D eigenvalue weighted by molar-refractivity contribution is 5.77. The Balaban J connectivity index is 1.08. The number of rotatable bonds is 6. The molecule has 2 aliphatic heterocycles. The van der Waals surface area contributed by atoms with Crippen molar-refractivity contribution in [2.75, 3.05) is 31.1 Å².